The summed E-state index contributed by atoms with van der Waals surface area (Å²) in [4.78, 5) is 17.2. The molecule has 4 aromatic rings. The Morgan fingerprint density at radius 3 is 2.64 bits per heavy atom. The first-order valence-corrected chi connectivity index (χ1v) is 11.2. The molecule has 0 aliphatic rings. The van der Waals surface area contributed by atoms with E-state index in [1.165, 1.54) is 0 Å². The van der Waals surface area contributed by atoms with Crippen LogP contribution in [-0.4, -0.2) is 30.2 Å². The Hall–Kier alpha value is -3.52. The third kappa shape index (κ3) is 5.46. The monoisotopic (exact) mass is 464 g/mol. The molecule has 8 nitrogen and oxygen atoms in total. The highest BCUT2D eigenvalue weighted by Gasteiger charge is 2.22. The number of aromatic amines is 1. The lowest BCUT2D eigenvalue weighted by molar-refractivity contribution is 0.237. The maximum absolute atomic E-state index is 12.6. The summed E-state index contributed by atoms with van der Waals surface area (Å²) in [7, 11) is 0. The standard InChI is InChI=1S/C24H25ClN6O2/c1-3-4-9-21-26-16(2)14-22(32)31(21)15-17-10-12-18(13-11-17)33-23(24-27-29-30-28-24)19-7-5-6-8-20(19)25/h5-8,10-14,23H,3-4,9,15H2,1-2H3,(H,27,28,29,30). The maximum atomic E-state index is 12.6. The van der Waals surface area contributed by atoms with Crippen LogP contribution >= 0.6 is 11.6 Å². The summed E-state index contributed by atoms with van der Waals surface area (Å²) in [6, 6.07) is 16.6. The van der Waals surface area contributed by atoms with Gasteiger partial charge in [-0.1, -0.05) is 55.3 Å². The van der Waals surface area contributed by atoms with Gasteiger partial charge in [0, 0.05) is 28.8 Å². The van der Waals surface area contributed by atoms with Gasteiger partial charge in [0.05, 0.1) is 6.54 Å². The average molecular weight is 465 g/mol. The van der Waals surface area contributed by atoms with E-state index in [2.05, 4.69) is 32.5 Å². The number of aromatic nitrogens is 6. The third-order valence-electron chi connectivity index (χ3n) is 5.29. The van der Waals surface area contributed by atoms with Crippen LogP contribution in [0.1, 0.15) is 54.3 Å². The first-order chi connectivity index (χ1) is 16.0. The minimum Gasteiger partial charge on any atom is -0.478 e. The number of aryl methyl sites for hydroxylation is 2. The van der Waals surface area contributed by atoms with E-state index in [-0.39, 0.29) is 5.56 Å². The van der Waals surface area contributed by atoms with Crippen LogP contribution in [-0.2, 0) is 13.0 Å². The van der Waals surface area contributed by atoms with Crippen molar-refractivity contribution >= 4 is 11.6 Å². The zero-order valence-electron chi connectivity index (χ0n) is 18.5. The van der Waals surface area contributed by atoms with Crippen LogP contribution in [0.25, 0.3) is 0 Å². The Balaban J connectivity index is 1.56. The molecule has 0 spiro atoms. The third-order valence-corrected chi connectivity index (χ3v) is 5.63. The van der Waals surface area contributed by atoms with Crippen molar-refractivity contribution in [2.45, 2.75) is 45.8 Å². The molecule has 33 heavy (non-hydrogen) atoms. The van der Waals surface area contributed by atoms with Crippen molar-refractivity contribution in [3.05, 3.63) is 98.4 Å². The second-order valence-corrected chi connectivity index (χ2v) is 8.20. The van der Waals surface area contributed by atoms with Crippen molar-refractivity contribution in [1.29, 1.82) is 0 Å². The van der Waals surface area contributed by atoms with Crippen molar-refractivity contribution in [2.75, 3.05) is 0 Å². The number of nitrogens with zero attached hydrogens (tertiary/aromatic N) is 5. The van der Waals surface area contributed by atoms with Gasteiger partial charge in [-0.25, -0.2) is 10.1 Å². The lowest BCUT2D eigenvalue weighted by Crippen LogP contribution is -2.25. The van der Waals surface area contributed by atoms with Gasteiger partial charge < -0.3 is 4.74 Å². The number of hydrogen-bond acceptors (Lipinski definition) is 6. The molecule has 2 aromatic heterocycles. The van der Waals surface area contributed by atoms with E-state index in [4.69, 9.17) is 16.3 Å². The molecule has 0 amide bonds. The zero-order valence-corrected chi connectivity index (χ0v) is 19.3. The fourth-order valence-electron chi connectivity index (χ4n) is 3.60. The van der Waals surface area contributed by atoms with Crippen LogP contribution in [0.4, 0.5) is 0 Å². The molecule has 0 saturated carbocycles. The largest absolute Gasteiger partial charge is 0.478 e. The van der Waals surface area contributed by atoms with E-state index in [1.807, 2.05) is 49.4 Å². The SMILES string of the molecule is CCCCc1nc(C)cc(=O)n1Cc1ccc(OC(c2nnn[nH]2)c2ccccc2Cl)cc1. The first kappa shape index (κ1) is 22.7. The molecule has 9 heteroatoms. The molecule has 2 heterocycles. The molecule has 0 bridgehead atoms. The van der Waals surface area contributed by atoms with Crippen molar-refractivity contribution in [3.63, 3.8) is 0 Å². The summed E-state index contributed by atoms with van der Waals surface area (Å²) in [6.45, 7) is 4.43. The fourth-order valence-corrected chi connectivity index (χ4v) is 3.83. The number of halogens is 1. The number of rotatable bonds is 9. The maximum Gasteiger partial charge on any atom is 0.254 e. The van der Waals surface area contributed by atoms with E-state index in [1.54, 1.807) is 16.7 Å². The molecule has 0 aliphatic carbocycles. The predicted molar refractivity (Wildman–Crippen MR) is 125 cm³/mol. The Morgan fingerprint density at radius 2 is 1.94 bits per heavy atom. The Labute approximate surface area is 196 Å². The van der Waals surface area contributed by atoms with Gasteiger partial charge in [0.1, 0.15) is 11.6 Å². The number of tetrazole rings is 1. The number of benzene rings is 2. The summed E-state index contributed by atoms with van der Waals surface area (Å²) in [5.74, 6) is 1.89. The molecule has 1 unspecified atom stereocenters. The van der Waals surface area contributed by atoms with Crippen LogP contribution < -0.4 is 10.3 Å². The molecule has 2 aromatic carbocycles. The number of nitrogens with one attached hydrogen (secondary N) is 1. The molecule has 0 radical (unpaired) electrons. The molecule has 0 saturated heterocycles. The number of H-pyrrole nitrogens is 1. The van der Waals surface area contributed by atoms with Gasteiger partial charge in [-0.2, -0.15) is 0 Å². The van der Waals surface area contributed by atoms with Crippen LogP contribution in [0.3, 0.4) is 0 Å². The summed E-state index contributed by atoms with van der Waals surface area (Å²) < 4.78 is 7.95. The molecular weight excluding hydrogens is 440 g/mol. The van der Waals surface area contributed by atoms with Gasteiger partial charge in [-0.3, -0.25) is 9.36 Å². The van der Waals surface area contributed by atoms with E-state index in [0.29, 0.717) is 23.1 Å². The number of hydrogen-bond donors (Lipinski definition) is 1. The van der Waals surface area contributed by atoms with Crippen molar-refractivity contribution in [2.24, 2.45) is 0 Å². The van der Waals surface area contributed by atoms with E-state index >= 15 is 0 Å². The smallest absolute Gasteiger partial charge is 0.254 e. The van der Waals surface area contributed by atoms with E-state index < -0.39 is 6.10 Å². The Kier molecular flexibility index (Phi) is 7.14. The molecule has 1 atom stereocenters. The molecule has 0 fully saturated rings. The van der Waals surface area contributed by atoms with E-state index in [0.717, 1.165) is 41.9 Å². The molecular formula is C24H25ClN6O2. The Morgan fingerprint density at radius 1 is 1.15 bits per heavy atom. The number of ether oxygens (including phenoxy) is 1. The second-order valence-electron chi connectivity index (χ2n) is 7.79. The van der Waals surface area contributed by atoms with Gasteiger partial charge in [0.25, 0.3) is 5.56 Å². The highest BCUT2D eigenvalue weighted by molar-refractivity contribution is 6.31. The first-order valence-electron chi connectivity index (χ1n) is 10.9. The molecule has 4 rings (SSSR count). The van der Waals surface area contributed by atoms with Gasteiger partial charge in [0.15, 0.2) is 11.9 Å². The van der Waals surface area contributed by atoms with Gasteiger partial charge in [-0.05, 0) is 47.5 Å². The minimum atomic E-state index is -0.593. The minimum absolute atomic E-state index is 0.0365. The average Bonchev–Trinajstić information content (AvgIpc) is 3.34. The van der Waals surface area contributed by atoms with Gasteiger partial charge in [-0.15, -0.1) is 5.10 Å². The lowest BCUT2D eigenvalue weighted by atomic mass is 10.1. The van der Waals surface area contributed by atoms with Crippen LogP contribution in [0, 0.1) is 6.92 Å². The van der Waals surface area contributed by atoms with Crippen molar-refractivity contribution < 1.29 is 4.74 Å². The molecule has 0 aliphatic heterocycles. The second kappa shape index (κ2) is 10.4. The molecule has 1 N–H and O–H groups in total. The highest BCUT2D eigenvalue weighted by Crippen LogP contribution is 2.30. The summed E-state index contributed by atoms with van der Waals surface area (Å²) >= 11 is 6.39. The van der Waals surface area contributed by atoms with Gasteiger partial charge in [0.2, 0.25) is 0 Å². The van der Waals surface area contributed by atoms with Crippen LogP contribution in [0.2, 0.25) is 5.02 Å². The van der Waals surface area contributed by atoms with Gasteiger partial charge >= 0.3 is 0 Å². The summed E-state index contributed by atoms with van der Waals surface area (Å²) in [5, 5.41) is 14.7. The topological polar surface area (TPSA) is 98.6 Å². The summed E-state index contributed by atoms with van der Waals surface area (Å²) in [5.41, 5.74) is 2.44. The quantitative estimate of drug-likeness (QED) is 0.397. The van der Waals surface area contributed by atoms with Crippen LogP contribution in [0.15, 0.2) is 59.4 Å². The molecule has 170 valence electrons. The normalized spacial score (nSPS) is 12.0. The van der Waals surface area contributed by atoms with E-state index in [9.17, 15) is 4.79 Å². The summed E-state index contributed by atoms with van der Waals surface area (Å²) in [6.07, 6.45) is 2.22. The highest BCUT2D eigenvalue weighted by atomic mass is 35.5. The number of unbranched alkanes of at least 4 members (excludes halogenated alkanes) is 1. The fraction of sp³-hybridized carbons (Fsp3) is 0.292. The lowest BCUT2D eigenvalue weighted by Gasteiger charge is -2.18. The van der Waals surface area contributed by atoms with Crippen molar-refractivity contribution in [3.8, 4) is 5.75 Å². The zero-order chi connectivity index (χ0) is 23.2. The predicted octanol–water partition coefficient (Wildman–Crippen LogP) is 4.28. The van der Waals surface area contributed by atoms with Crippen LogP contribution in [0.5, 0.6) is 5.75 Å². The Bertz CT molecular complexity index is 1250. The van der Waals surface area contributed by atoms with Crippen molar-refractivity contribution in [1.82, 2.24) is 30.2 Å².